The van der Waals surface area contributed by atoms with Gasteiger partial charge in [-0.1, -0.05) is 6.58 Å². The molecule has 25 heavy (non-hydrogen) atoms. The van der Waals surface area contributed by atoms with Gasteiger partial charge in [0.25, 0.3) is 11.8 Å². The molecular weight excluding hydrogens is 318 g/mol. The Morgan fingerprint density at radius 2 is 1.96 bits per heavy atom. The van der Waals surface area contributed by atoms with E-state index in [2.05, 4.69) is 11.6 Å². The van der Waals surface area contributed by atoms with Crippen LogP contribution < -0.4 is 4.90 Å². The fourth-order valence-corrected chi connectivity index (χ4v) is 2.93. The predicted octanol–water partition coefficient (Wildman–Crippen LogP) is 2.94. The maximum absolute atomic E-state index is 12.4. The first-order chi connectivity index (χ1) is 12.1. The van der Waals surface area contributed by atoms with Crippen molar-refractivity contribution in [3.8, 4) is 0 Å². The fraction of sp³-hybridized carbons (Fsp3) is 0.316. The molecule has 1 aliphatic rings. The van der Waals surface area contributed by atoms with Crippen molar-refractivity contribution < 1.29 is 14.0 Å². The zero-order valence-electron chi connectivity index (χ0n) is 14.3. The molecule has 1 saturated heterocycles. The van der Waals surface area contributed by atoms with Gasteiger partial charge in [0, 0.05) is 31.3 Å². The molecule has 2 amide bonds. The highest BCUT2D eigenvalue weighted by atomic mass is 16.4. The molecule has 1 fully saturated rings. The zero-order chi connectivity index (χ0) is 17.8. The number of aromatic nitrogens is 1. The van der Waals surface area contributed by atoms with E-state index in [0.717, 1.165) is 25.9 Å². The fourth-order valence-electron chi connectivity index (χ4n) is 2.93. The second-order valence-electron chi connectivity index (χ2n) is 6.02. The van der Waals surface area contributed by atoms with Gasteiger partial charge in [0.15, 0.2) is 5.89 Å². The SMILES string of the molecule is C=CC(=O)N(Cc1cnc(C)o1)c1ccc(C(=O)N2CCCC2)cc1. The summed E-state index contributed by atoms with van der Waals surface area (Å²) < 4.78 is 5.46. The first kappa shape index (κ1) is 17.0. The van der Waals surface area contributed by atoms with Crippen molar-refractivity contribution in [1.82, 2.24) is 9.88 Å². The number of rotatable bonds is 5. The molecule has 0 spiro atoms. The number of hydrogen-bond acceptors (Lipinski definition) is 4. The molecule has 6 heteroatoms. The van der Waals surface area contributed by atoms with Gasteiger partial charge in [0.1, 0.15) is 5.76 Å². The Labute approximate surface area is 146 Å². The van der Waals surface area contributed by atoms with Crippen LogP contribution in [0.3, 0.4) is 0 Å². The van der Waals surface area contributed by atoms with E-state index in [1.807, 2.05) is 4.90 Å². The highest BCUT2D eigenvalue weighted by molar-refractivity contribution is 6.01. The number of amides is 2. The van der Waals surface area contributed by atoms with E-state index in [1.54, 1.807) is 37.4 Å². The quantitative estimate of drug-likeness (QED) is 0.786. The number of anilines is 1. The number of carbonyl (C=O) groups excluding carboxylic acids is 2. The van der Waals surface area contributed by atoms with Crippen LogP contribution in [-0.4, -0.2) is 34.8 Å². The first-order valence-corrected chi connectivity index (χ1v) is 8.33. The Balaban J connectivity index is 1.79. The van der Waals surface area contributed by atoms with E-state index in [4.69, 9.17) is 4.42 Å². The molecule has 130 valence electrons. The van der Waals surface area contributed by atoms with Crippen LogP contribution >= 0.6 is 0 Å². The molecule has 1 aromatic carbocycles. The molecular formula is C19H21N3O3. The molecule has 0 bridgehead atoms. The lowest BCUT2D eigenvalue weighted by molar-refractivity contribution is -0.114. The summed E-state index contributed by atoms with van der Waals surface area (Å²) in [5, 5.41) is 0. The lowest BCUT2D eigenvalue weighted by Crippen LogP contribution is -2.29. The summed E-state index contributed by atoms with van der Waals surface area (Å²) in [7, 11) is 0. The van der Waals surface area contributed by atoms with Crippen LogP contribution in [0.15, 0.2) is 47.5 Å². The Kier molecular flexibility index (Phi) is 4.97. The number of aryl methyl sites for hydroxylation is 1. The van der Waals surface area contributed by atoms with Gasteiger partial charge >= 0.3 is 0 Å². The smallest absolute Gasteiger partial charge is 0.253 e. The largest absolute Gasteiger partial charge is 0.444 e. The van der Waals surface area contributed by atoms with E-state index in [0.29, 0.717) is 22.9 Å². The third-order valence-electron chi connectivity index (χ3n) is 4.24. The second-order valence-corrected chi connectivity index (χ2v) is 6.02. The van der Waals surface area contributed by atoms with Gasteiger partial charge in [-0.15, -0.1) is 0 Å². The standard InChI is InChI=1S/C19H21N3O3/c1-3-18(23)22(13-17-12-20-14(2)25-17)16-8-6-15(7-9-16)19(24)21-10-4-5-11-21/h3,6-9,12H,1,4-5,10-11,13H2,2H3. The van der Waals surface area contributed by atoms with Crippen molar-refractivity contribution >= 4 is 17.5 Å². The van der Waals surface area contributed by atoms with Crippen LogP contribution in [0.1, 0.15) is 34.9 Å². The molecule has 1 aromatic heterocycles. The number of carbonyl (C=O) groups is 2. The van der Waals surface area contributed by atoms with Crippen molar-refractivity contribution in [1.29, 1.82) is 0 Å². The molecule has 2 heterocycles. The molecule has 1 aliphatic heterocycles. The van der Waals surface area contributed by atoms with Gasteiger partial charge in [0.05, 0.1) is 12.7 Å². The summed E-state index contributed by atoms with van der Waals surface area (Å²) >= 11 is 0. The lowest BCUT2D eigenvalue weighted by atomic mass is 10.1. The summed E-state index contributed by atoms with van der Waals surface area (Å²) in [6.07, 6.45) is 4.97. The highest BCUT2D eigenvalue weighted by Gasteiger charge is 2.20. The first-order valence-electron chi connectivity index (χ1n) is 8.33. The monoisotopic (exact) mass is 339 g/mol. The predicted molar refractivity (Wildman–Crippen MR) is 94.2 cm³/mol. The summed E-state index contributed by atoms with van der Waals surface area (Å²) in [5.41, 5.74) is 1.31. The normalized spacial score (nSPS) is 13.7. The molecule has 6 nitrogen and oxygen atoms in total. The maximum atomic E-state index is 12.4. The number of hydrogen-bond donors (Lipinski definition) is 0. The average Bonchev–Trinajstić information content (AvgIpc) is 3.30. The molecule has 3 rings (SSSR count). The summed E-state index contributed by atoms with van der Waals surface area (Å²) in [4.78, 5) is 32.1. The van der Waals surface area contributed by atoms with Crippen LogP contribution in [0.2, 0.25) is 0 Å². The second kappa shape index (κ2) is 7.34. The van der Waals surface area contributed by atoms with Crippen LogP contribution in [0.25, 0.3) is 0 Å². The summed E-state index contributed by atoms with van der Waals surface area (Å²) in [6, 6.07) is 7.05. The van der Waals surface area contributed by atoms with Crippen molar-refractivity contribution in [3.63, 3.8) is 0 Å². The van der Waals surface area contributed by atoms with E-state index in [9.17, 15) is 9.59 Å². The molecule has 2 aromatic rings. The van der Waals surface area contributed by atoms with Crippen molar-refractivity contribution in [2.24, 2.45) is 0 Å². The van der Waals surface area contributed by atoms with Gasteiger partial charge in [-0.25, -0.2) is 4.98 Å². The van der Waals surface area contributed by atoms with Crippen molar-refractivity contribution in [2.45, 2.75) is 26.3 Å². The lowest BCUT2D eigenvalue weighted by Gasteiger charge is -2.21. The topological polar surface area (TPSA) is 66.7 Å². The zero-order valence-corrected chi connectivity index (χ0v) is 14.3. The van der Waals surface area contributed by atoms with Crippen molar-refractivity contribution in [3.05, 3.63) is 60.3 Å². The van der Waals surface area contributed by atoms with Crippen LogP contribution in [0.4, 0.5) is 5.69 Å². The van der Waals surface area contributed by atoms with E-state index in [-0.39, 0.29) is 18.4 Å². The molecule has 0 radical (unpaired) electrons. The maximum Gasteiger partial charge on any atom is 0.253 e. The van der Waals surface area contributed by atoms with Crippen LogP contribution in [0, 0.1) is 6.92 Å². The van der Waals surface area contributed by atoms with Gasteiger partial charge < -0.3 is 14.2 Å². The summed E-state index contributed by atoms with van der Waals surface area (Å²) in [5.74, 6) is 0.932. The minimum atomic E-state index is -0.243. The van der Waals surface area contributed by atoms with E-state index >= 15 is 0 Å². The van der Waals surface area contributed by atoms with Gasteiger partial charge in [-0.2, -0.15) is 0 Å². The number of benzene rings is 1. The molecule has 0 saturated carbocycles. The Bertz CT molecular complexity index is 773. The van der Waals surface area contributed by atoms with E-state index < -0.39 is 0 Å². The molecule has 0 N–H and O–H groups in total. The number of likely N-dealkylation sites (tertiary alicyclic amines) is 1. The van der Waals surface area contributed by atoms with Gasteiger partial charge in [-0.3, -0.25) is 9.59 Å². The van der Waals surface area contributed by atoms with Gasteiger partial charge in [0.2, 0.25) is 0 Å². The van der Waals surface area contributed by atoms with Crippen molar-refractivity contribution in [2.75, 3.05) is 18.0 Å². The Morgan fingerprint density at radius 3 is 2.52 bits per heavy atom. The Hall–Kier alpha value is -2.89. The average molecular weight is 339 g/mol. The highest BCUT2D eigenvalue weighted by Crippen LogP contribution is 2.21. The molecule has 0 aliphatic carbocycles. The minimum Gasteiger partial charge on any atom is -0.444 e. The molecule has 0 atom stereocenters. The summed E-state index contributed by atoms with van der Waals surface area (Å²) in [6.45, 7) is 7.18. The Morgan fingerprint density at radius 1 is 1.28 bits per heavy atom. The van der Waals surface area contributed by atoms with Crippen LogP contribution in [-0.2, 0) is 11.3 Å². The molecule has 0 unspecified atom stereocenters. The number of nitrogens with zero attached hydrogens (tertiary/aromatic N) is 3. The van der Waals surface area contributed by atoms with E-state index in [1.165, 1.54) is 11.0 Å². The van der Waals surface area contributed by atoms with Crippen LogP contribution in [0.5, 0.6) is 0 Å². The third-order valence-corrected chi connectivity index (χ3v) is 4.24. The van der Waals surface area contributed by atoms with Gasteiger partial charge in [-0.05, 0) is 43.2 Å². The number of oxazole rings is 1. The third kappa shape index (κ3) is 3.79. The minimum absolute atomic E-state index is 0.0384.